The number of rotatable bonds is 5. The highest BCUT2D eigenvalue weighted by atomic mass is 16.5. The number of nitrogens with two attached hydrogens (primary N) is 1. The fourth-order valence-corrected chi connectivity index (χ4v) is 2.61. The second-order valence-corrected chi connectivity index (χ2v) is 5.48. The number of hydrogen-bond donors (Lipinski definition) is 2. The van der Waals surface area contributed by atoms with Gasteiger partial charge in [0.1, 0.15) is 11.5 Å². The number of ether oxygens (including phenoxy) is 1. The lowest BCUT2D eigenvalue weighted by molar-refractivity contribution is 0.327. The Labute approximate surface area is 114 Å². The lowest BCUT2D eigenvalue weighted by Crippen LogP contribution is -2.18. The van der Waals surface area contributed by atoms with Crippen LogP contribution in [0.5, 0.6) is 5.88 Å². The summed E-state index contributed by atoms with van der Waals surface area (Å²) in [6.45, 7) is 2.52. The van der Waals surface area contributed by atoms with E-state index in [0.717, 1.165) is 11.6 Å². The molecule has 0 atom stereocenters. The van der Waals surface area contributed by atoms with Gasteiger partial charge in [0, 0.05) is 12.0 Å². The van der Waals surface area contributed by atoms with Crippen molar-refractivity contribution in [1.82, 2.24) is 9.97 Å². The van der Waals surface area contributed by atoms with E-state index in [2.05, 4.69) is 15.3 Å². The van der Waals surface area contributed by atoms with Gasteiger partial charge in [0.2, 0.25) is 5.88 Å². The third-order valence-electron chi connectivity index (χ3n) is 3.85. The first-order valence-corrected chi connectivity index (χ1v) is 7.34. The molecular formula is C14H22N4O. The lowest BCUT2D eigenvalue weighted by atomic mass is 10.2. The topological polar surface area (TPSA) is 73.1 Å². The Hall–Kier alpha value is -1.52. The summed E-state index contributed by atoms with van der Waals surface area (Å²) in [7, 11) is 0. The molecule has 0 saturated heterocycles. The standard InChI is InChI=1S/C14H22N4O/c1-2-19-14-11(15)13(16-10-5-3-4-6-10)17-12(18-14)9-7-8-9/h9-10H,2-8,15H2,1H3,(H,16,17,18). The Morgan fingerprint density at radius 3 is 2.58 bits per heavy atom. The number of anilines is 2. The van der Waals surface area contributed by atoms with Crippen molar-refractivity contribution < 1.29 is 4.74 Å². The van der Waals surface area contributed by atoms with E-state index in [4.69, 9.17) is 10.5 Å². The van der Waals surface area contributed by atoms with Crippen molar-refractivity contribution in [3.63, 3.8) is 0 Å². The fourth-order valence-electron chi connectivity index (χ4n) is 2.61. The van der Waals surface area contributed by atoms with Crippen LogP contribution in [-0.2, 0) is 0 Å². The first-order valence-electron chi connectivity index (χ1n) is 7.34. The van der Waals surface area contributed by atoms with Crippen molar-refractivity contribution in [2.45, 2.75) is 57.4 Å². The molecule has 5 nitrogen and oxygen atoms in total. The Morgan fingerprint density at radius 1 is 1.21 bits per heavy atom. The van der Waals surface area contributed by atoms with Gasteiger partial charge < -0.3 is 15.8 Å². The minimum Gasteiger partial charge on any atom is -0.476 e. The molecule has 1 heterocycles. The highest BCUT2D eigenvalue weighted by Gasteiger charge is 2.29. The van der Waals surface area contributed by atoms with Gasteiger partial charge in [-0.1, -0.05) is 12.8 Å². The van der Waals surface area contributed by atoms with Crippen molar-refractivity contribution in [2.75, 3.05) is 17.7 Å². The fraction of sp³-hybridized carbons (Fsp3) is 0.714. The molecule has 0 radical (unpaired) electrons. The van der Waals surface area contributed by atoms with E-state index in [0.29, 0.717) is 30.1 Å². The molecule has 19 heavy (non-hydrogen) atoms. The molecule has 1 aromatic heterocycles. The molecule has 0 unspecified atom stereocenters. The molecule has 0 spiro atoms. The van der Waals surface area contributed by atoms with Crippen LogP contribution < -0.4 is 15.8 Å². The van der Waals surface area contributed by atoms with Gasteiger partial charge in [-0.2, -0.15) is 4.98 Å². The molecule has 3 N–H and O–H groups in total. The molecule has 1 aromatic rings. The summed E-state index contributed by atoms with van der Waals surface area (Å²) in [6.07, 6.45) is 7.34. The Bertz CT molecular complexity index is 453. The van der Waals surface area contributed by atoms with Crippen LogP contribution in [0.1, 0.15) is 57.2 Å². The smallest absolute Gasteiger partial charge is 0.242 e. The van der Waals surface area contributed by atoms with Crippen LogP contribution in [0.3, 0.4) is 0 Å². The van der Waals surface area contributed by atoms with Crippen LogP contribution in [0.15, 0.2) is 0 Å². The van der Waals surface area contributed by atoms with E-state index in [9.17, 15) is 0 Å². The van der Waals surface area contributed by atoms with Gasteiger partial charge in [-0.25, -0.2) is 4.98 Å². The third-order valence-corrected chi connectivity index (χ3v) is 3.85. The predicted octanol–water partition coefficient (Wildman–Crippen LogP) is 2.69. The largest absolute Gasteiger partial charge is 0.476 e. The highest BCUT2D eigenvalue weighted by molar-refractivity contribution is 5.67. The third kappa shape index (κ3) is 2.74. The number of nitrogen functional groups attached to an aromatic ring is 1. The van der Waals surface area contributed by atoms with Gasteiger partial charge >= 0.3 is 0 Å². The van der Waals surface area contributed by atoms with Crippen molar-refractivity contribution in [2.24, 2.45) is 0 Å². The number of nitrogens with one attached hydrogen (secondary N) is 1. The second kappa shape index (κ2) is 5.23. The van der Waals surface area contributed by atoms with Gasteiger partial charge in [-0.3, -0.25) is 0 Å². The van der Waals surface area contributed by atoms with Crippen LogP contribution in [0.4, 0.5) is 11.5 Å². The minimum atomic E-state index is 0.499. The maximum Gasteiger partial charge on any atom is 0.242 e. The molecule has 0 aliphatic heterocycles. The molecule has 2 fully saturated rings. The number of aromatic nitrogens is 2. The summed E-state index contributed by atoms with van der Waals surface area (Å²) in [5.74, 6) is 2.70. The average molecular weight is 262 g/mol. The summed E-state index contributed by atoms with van der Waals surface area (Å²) in [5, 5.41) is 3.47. The maximum atomic E-state index is 6.12. The van der Waals surface area contributed by atoms with Crippen LogP contribution in [0.2, 0.25) is 0 Å². The van der Waals surface area contributed by atoms with Crippen LogP contribution in [0, 0.1) is 0 Å². The normalized spacial score (nSPS) is 19.6. The minimum absolute atomic E-state index is 0.499. The molecule has 0 bridgehead atoms. The second-order valence-electron chi connectivity index (χ2n) is 5.48. The zero-order valence-electron chi connectivity index (χ0n) is 11.5. The lowest BCUT2D eigenvalue weighted by Gasteiger charge is -2.17. The predicted molar refractivity (Wildman–Crippen MR) is 75.5 cm³/mol. The number of hydrogen-bond acceptors (Lipinski definition) is 5. The first-order chi connectivity index (χ1) is 9.28. The zero-order chi connectivity index (χ0) is 13.2. The Kier molecular flexibility index (Phi) is 3.44. The summed E-state index contributed by atoms with van der Waals surface area (Å²) in [4.78, 5) is 9.07. The van der Waals surface area contributed by atoms with Crippen molar-refractivity contribution in [3.8, 4) is 5.88 Å². The zero-order valence-corrected chi connectivity index (χ0v) is 11.5. The molecular weight excluding hydrogens is 240 g/mol. The van der Waals surface area contributed by atoms with E-state index >= 15 is 0 Å². The van der Waals surface area contributed by atoms with Crippen LogP contribution >= 0.6 is 0 Å². The first kappa shape index (κ1) is 12.5. The van der Waals surface area contributed by atoms with Crippen LogP contribution in [-0.4, -0.2) is 22.6 Å². The van der Waals surface area contributed by atoms with Gasteiger partial charge in [0.05, 0.1) is 6.61 Å². The number of nitrogens with zero attached hydrogens (tertiary/aromatic N) is 2. The quantitative estimate of drug-likeness (QED) is 0.853. The molecule has 0 aromatic carbocycles. The summed E-state index contributed by atoms with van der Waals surface area (Å²) in [5.41, 5.74) is 6.68. The molecule has 5 heteroatoms. The Morgan fingerprint density at radius 2 is 1.95 bits per heavy atom. The monoisotopic (exact) mass is 262 g/mol. The summed E-state index contributed by atoms with van der Waals surface area (Å²) >= 11 is 0. The van der Waals surface area contributed by atoms with Crippen LogP contribution in [0.25, 0.3) is 0 Å². The molecule has 0 amide bonds. The van der Waals surface area contributed by atoms with Gasteiger partial charge in [-0.05, 0) is 32.6 Å². The van der Waals surface area contributed by atoms with Crippen molar-refractivity contribution in [1.29, 1.82) is 0 Å². The molecule has 2 aliphatic carbocycles. The average Bonchev–Trinajstić information content (AvgIpc) is 3.13. The van der Waals surface area contributed by atoms with Gasteiger partial charge in [-0.15, -0.1) is 0 Å². The van der Waals surface area contributed by atoms with Crippen molar-refractivity contribution in [3.05, 3.63) is 5.82 Å². The molecule has 104 valence electrons. The summed E-state index contributed by atoms with van der Waals surface area (Å²) in [6, 6.07) is 0.499. The van der Waals surface area contributed by atoms with E-state index in [1.54, 1.807) is 0 Å². The van der Waals surface area contributed by atoms with Crippen molar-refractivity contribution >= 4 is 11.5 Å². The molecule has 2 saturated carbocycles. The molecule has 3 rings (SSSR count). The van der Waals surface area contributed by atoms with Gasteiger partial charge in [0.15, 0.2) is 5.82 Å². The maximum absolute atomic E-state index is 6.12. The van der Waals surface area contributed by atoms with Gasteiger partial charge in [0.25, 0.3) is 0 Å². The van der Waals surface area contributed by atoms with E-state index in [1.165, 1.54) is 38.5 Å². The molecule has 2 aliphatic rings. The van der Waals surface area contributed by atoms with E-state index in [1.807, 2.05) is 6.92 Å². The SMILES string of the molecule is CCOc1nc(C2CC2)nc(NC2CCCC2)c1N. The Balaban J connectivity index is 1.86. The summed E-state index contributed by atoms with van der Waals surface area (Å²) < 4.78 is 5.54. The highest BCUT2D eigenvalue weighted by Crippen LogP contribution is 2.41. The van der Waals surface area contributed by atoms with E-state index in [-0.39, 0.29) is 0 Å². The van der Waals surface area contributed by atoms with E-state index < -0.39 is 0 Å².